The van der Waals surface area contributed by atoms with Gasteiger partial charge in [0.05, 0.1) is 39.6 Å². The van der Waals surface area contributed by atoms with Crippen molar-refractivity contribution in [3.63, 3.8) is 0 Å². The third kappa shape index (κ3) is 4.67. The topological polar surface area (TPSA) is 177 Å². The van der Waals surface area contributed by atoms with Crippen LogP contribution in [-0.4, -0.2) is 95.1 Å². The van der Waals surface area contributed by atoms with E-state index in [1.807, 2.05) is 0 Å². The zero-order valence-corrected chi connectivity index (χ0v) is 20.8. The molecule has 12 nitrogen and oxygen atoms in total. The summed E-state index contributed by atoms with van der Waals surface area (Å²) in [6.45, 7) is -0.254. The normalized spacial score (nSPS) is 36.6. The largest absolute Gasteiger partial charge is 0.504 e. The Morgan fingerprint density at radius 1 is 0.816 bits per heavy atom. The van der Waals surface area contributed by atoms with E-state index in [9.17, 15) is 30.6 Å². The maximum atomic E-state index is 10.8. The minimum atomic E-state index is -1.58. The van der Waals surface area contributed by atoms with Crippen LogP contribution in [-0.2, 0) is 14.2 Å². The van der Waals surface area contributed by atoms with E-state index in [0.29, 0.717) is 17.9 Å². The molecule has 0 saturated carbocycles. The molecule has 0 aliphatic carbocycles. The molecule has 2 aromatic rings. The Bertz CT molecular complexity index is 1130. The first kappa shape index (κ1) is 26.9. The lowest BCUT2D eigenvalue weighted by Crippen LogP contribution is -2.60. The molecule has 0 amide bonds. The van der Waals surface area contributed by atoms with Crippen molar-refractivity contribution in [1.82, 2.24) is 0 Å². The Morgan fingerprint density at radius 2 is 1.50 bits per heavy atom. The molecule has 0 radical (unpaired) electrons. The quantitative estimate of drug-likeness (QED) is 0.279. The first-order chi connectivity index (χ1) is 18.3. The van der Waals surface area contributed by atoms with E-state index in [2.05, 4.69) is 0 Å². The zero-order valence-electron chi connectivity index (χ0n) is 20.8. The maximum absolute atomic E-state index is 10.8. The monoisotopic (exact) mass is 536 g/mol. The van der Waals surface area contributed by atoms with E-state index < -0.39 is 55.8 Å². The first-order valence-corrected chi connectivity index (χ1v) is 12.2. The van der Waals surface area contributed by atoms with E-state index in [4.69, 9.17) is 28.4 Å². The highest BCUT2D eigenvalue weighted by molar-refractivity contribution is 5.45. The molecule has 3 heterocycles. The average Bonchev–Trinajstić information content (AvgIpc) is 3.50. The third-order valence-corrected chi connectivity index (χ3v) is 7.46. The van der Waals surface area contributed by atoms with Crippen molar-refractivity contribution in [2.75, 3.05) is 27.4 Å². The average molecular weight is 537 g/mol. The maximum Gasteiger partial charge on any atom is 0.229 e. The number of aliphatic hydroxyl groups is 5. The highest BCUT2D eigenvalue weighted by Gasteiger charge is 2.53. The van der Waals surface area contributed by atoms with Gasteiger partial charge in [0.2, 0.25) is 6.29 Å². The van der Waals surface area contributed by atoms with Crippen LogP contribution in [0.4, 0.5) is 0 Å². The lowest BCUT2D eigenvalue weighted by molar-refractivity contribution is -0.277. The standard InChI is InChI=1S/C26H32O12/c1-33-16-7-11(3-5-14(16)28)23-13-10-35-24(19(13)25(32)38-23)12-4-6-15(17(8-12)34-2)36-26-22(31)21(30)20(29)18(9-27)37-26/h3-8,13,18-32H,9-10H2,1-2H3/t13?,18-,19?,20-,21+,22-,23?,24?,25?,26?/m1/s1. The number of hydrogen-bond acceptors (Lipinski definition) is 12. The van der Waals surface area contributed by atoms with E-state index in [1.165, 1.54) is 20.3 Å². The number of hydrogen-bond donors (Lipinski definition) is 6. The van der Waals surface area contributed by atoms with Gasteiger partial charge in [0.1, 0.15) is 24.4 Å². The molecule has 208 valence electrons. The molecule has 3 aliphatic heterocycles. The predicted molar refractivity (Wildman–Crippen MR) is 128 cm³/mol. The number of aromatic hydroxyl groups is 1. The van der Waals surface area contributed by atoms with Crippen LogP contribution in [0.25, 0.3) is 0 Å². The van der Waals surface area contributed by atoms with Crippen LogP contribution < -0.4 is 14.2 Å². The number of rotatable bonds is 7. The smallest absolute Gasteiger partial charge is 0.229 e. The van der Waals surface area contributed by atoms with Gasteiger partial charge >= 0.3 is 0 Å². The lowest BCUT2D eigenvalue weighted by Gasteiger charge is -2.39. The fraction of sp³-hybridized carbons (Fsp3) is 0.538. The summed E-state index contributed by atoms with van der Waals surface area (Å²) in [5.74, 6) is 0.221. The van der Waals surface area contributed by atoms with Crippen LogP contribution in [0.5, 0.6) is 23.0 Å². The Labute approximate surface area is 218 Å². The van der Waals surface area contributed by atoms with E-state index >= 15 is 0 Å². The lowest BCUT2D eigenvalue weighted by atomic mass is 9.84. The van der Waals surface area contributed by atoms with E-state index in [0.717, 1.165) is 5.56 Å². The number of benzene rings is 2. The molecule has 0 bridgehead atoms. The van der Waals surface area contributed by atoms with Gasteiger partial charge in [0, 0.05) is 11.8 Å². The second-order valence-electron chi connectivity index (χ2n) is 9.60. The Balaban J connectivity index is 1.35. The summed E-state index contributed by atoms with van der Waals surface area (Å²) in [5.41, 5.74) is 1.44. The molecule has 3 fully saturated rings. The van der Waals surface area contributed by atoms with Crippen molar-refractivity contribution in [2.24, 2.45) is 11.8 Å². The van der Waals surface area contributed by atoms with Crippen molar-refractivity contribution in [1.29, 1.82) is 0 Å². The summed E-state index contributed by atoms with van der Waals surface area (Å²) < 4.78 is 33.9. The van der Waals surface area contributed by atoms with Gasteiger partial charge in [-0.2, -0.15) is 0 Å². The van der Waals surface area contributed by atoms with Gasteiger partial charge in [-0.25, -0.2) is 0 Å². The van der Waals surface area contributed by atoms with Crippen LogP contribution in [0.15, 0.2) is 36.4 Å². The van der Waals surface area contributed by atoms with Crippen LogP contribution >= 0.6 is 0 Å². The van der Waals surface area contributed by atoms with Gasteiger partial charge in [-0.3, -0.25) is 0 Å². The summed E-state index contributed by atoms with van der Waals surface area (Å²) in [5, 5.41) is 60.5. The summed E-state index contributed by atoms with van der Waals surface area (Å²) in [4.78, 5) is 0. The van der Waals surface area contributed by atoms with Crippen LogP contribution in [0.1, 0.15) is 23.3 Å². The second-order valence-corrected chi connectivity index (χ2v) is 9.60. The third-order valence-electron chi connectivity index (χ3n) is 7.46. The van der Waals surface area contributed by atoms with Gasteiger partial charge < -0.3 is 59.1 Å². The summed E-state index contributed by atoms with van der Waals surface area (Å²) in [7, 11) is 2.89. The molecule has 10 atom stereocenters. The number of methoxy groups -OCH3 is 2. The SMILES string of the molecule is COc1cc(C2OC(O)C3C(c4ccc(OC5O[C@H](CO)[C@@H](O)[C@H](O)[C@H]5O)c(OC)c4)OCC23)ccc1O. The minimum absolute atomic E-state index is 0.00464. The van der Waals surface area contributed by atoms with E-state index in [1.54, 1.807) is 30.3 Å². The van der Waals surface area contributed by atoms with E-state index in [-0.39, 0.29) is 29.1 Å². The molecule has 2 aromatic carbocycles. The van der Waals surface area contributed by atoms with Crippen molar-refractivity contribution in [3.8, 4) is 23.0 Å². The van der Waals surface area contributed by atoms with Gasteiger partial charge in [-0.15, -0.1) is 0 Å². The molecular formula is C26H32O12. The summed E-state index contributed by atoms with van der Waals surface area (Å²) >= 11 is 0. The van der Waals surface area contributed by atoms with Gasteiger partial charge in [-0.05, 0) is 35.4 Å². The fourth-order valence-corrected chi connectivity index (χ4v) is 5.42. The number of fused-ring (bicyclic) bond motifs is 1. The minimum Gasteiger partial charge on any atom is -0.504 e. The highest BCUT2D eigenvalue weighted by atomic mass is 16.7. The van der Waals surface area contributed by atoms with Gasteiger partial charge in [0.15, 0.2) is 29.3 Å². The fourth-order valence-electron chi connectivity index (χ4n) is 5.42. The summed E-state index contributed by atoms with van der Waals surface area (Å²) in [6.07, 6.45) is -9.23. The van der Waals surface area contributed by atoms with Crippen molar-refractivity contribution >= 4 is 0 Å². The molecule has 0 spiro atoms. The van der Waals surface area contributed by atoms with Crippen molar-refractivity contribution in [2.45, 2.75) is 49.2 Å². The first-order valence-electron chi connectivity index (χ1n) is 12.2. The van der Waals surface area contributed by atoms with Gasteiger partial charge in [0.25, 0.3) is 0 Å². The highest BCUT2D eigenvalue weighted by Crippen LogP contribution is 2.53. The number of aliphatic hydroxyl groups excluding tert-OH is 5. The molecule has 5 rings (SSSR count). The number of phenolic OH excluding ortho intramolecular Hbond substituents is 1. The predicted octanol–water partition coefficient (Wildman–Crippen LogP) is -0.0183. The molecule has 6 unspecified atom stereocenters. The molecule has 3 saturated heterocycles. The Morgan fingerprint density at radius 3 is 2.21 bits per heavy atom. The molecule has 6 N–H and O–H groups in total. The van der Waals surface area contributed by atoms with Gasteiger partial charge in [-0.1, -0.05) is 12.1 Å². The molecule has 3 aliphatic rings. The molecule has 38 heavy (non-hydrogen) atoms. The van der Waals surface area contributed by atoms with Crippen LogP contribution in [0.2, 0.25) is 0 Å². The number of phenols is 1. The Kier molecular flexibility index (Phi) is 7.67. The molecule has 12 heteroatoms. The molecular weight excluding hydrogens is 504 g/mol. The Hall–Kier alpha value is -2.68. The van der Waals surface area contributed by atoms with Crippen LogP contribution in [0, 0.1) is 11.8 Å². The van der Waals surface area contributed by atoms with Crippen LogP contribution in [0.3, 0.4) is 0 Å². The zero-order chi connectivity index (χ0) is 27.1. The molecule has 0 aromatic heterocycles. The van der Waals surface area contributed by atoms with Crippen molar-refractivity contribution in [3.05, 3.63) is 47.5 Å². The second kappa shape index (κ2) is 10.8. The van der Waals surface area contributed by atoms with Crippen molar-refractivity contribution < 1.29 is 59.1 Å². The summed E-state index contributed by atoms with van der Waals surface area (Å²) in [6, 6.07) is 9.89. The number of ether oxygens (including phenoxy) is 6.